The van der Waals surface area contributed by atoms with Crippen LogP contribution in [0.5, 0.6) is 0 Å². The fraction of sp³-hybridized carbons (Fsp3) is 0.344. The minimum atomic E-state index is -1.02. The Hall–Kier alpha value is -4.13. The van der Waals surface area contributed by atoms with Crippen molar-refractivity contribution in [1.82, 2.24) is 10.2 Å². The molecule has 0 bridgehead atoms. The number of rotatable bonds is 8. The first-order chi connectivity index (χ1) is 18.7. The van der Waals surface area contributed by atoms with E-state index in [-0.39, 0.29) is 6.61 Å². The fourth-order valence-electron chi connectivity index (χ4n) is 4.82. The average molecular weight is 529 g/mol. The van der Waals surface area contributed by atoms with Crippen molar-refractivity contribution in [2.45, 2.75) is 63.8 Å². The fourth-order valence-corrected chi connectivity index (χ4v) is 4.82. The van der Waals surface area contributed by atoms with Gasteiger partial charge in [0.05, 0.1) is 0 Å². The summed E-state index contributed by atoms with van der Waals surface area (Å²) >= 11 is 0. The molecule has 1 fully saturated rings. The number of amides is 2. The van der Waals surface area contributed by atoms with Gasteiger partial charge in [-0.1, -0.05) is 91.0 Å². The molecular formula is C32H36N2O5. The molecule has 204 valence electrons. The van der Waals surface area contributed by atoms with Gasteiger partial charge in [-0.05, 0) is 50.3 Å². The van der Waals surface area contributed by atoms with Crippen LogP contribution in [0.15, 0.2) is 91.0 Å². The van der Waals surface area contributed by atoms with Gasteiger partial charge in [-0.2, -0.15) is 0 Å². The van der Waals surface area contributed by atoms with E-state index in [9.17, 15) is 14.4 Å². The van der Waals surface area contributed by atoms with E-state index in [0.717, 1.165) is 16.7 Å². The summed E-state index contributed by atoms with van der Waals surface area (Å²) in [6, 6.07) is 26.8. The molecule has 0 radical (unpaired) electrons. The van der Waals surface area contributed by atoms with Crippen LogP contribution >= 0.6 is 0 Å². The van der Waals surface area contributed by atoms with Crippen LogP contribution in [0.2, 0.25) is 0 Å². The van der Waals surface area contributed by atoms with Crippen molar-refractivity contribution in [3.63, 3.8) is 0 Å². The van der Waals surface area contributed by atoms with Gasteiger partial charge in [0.2, 0.25) is 5.91 Å². The molecular weight excluding hydrogens is 492 g/mol. The molecule has 4 rings (SSSR count). The van der Waals surface area contributed by atoms with Gasteiger partial charge in [0.1, 0.15) is 24.3 Å². The third-order valence-corrected chi connectivity index (χ3v) is 6.61. The summed E-state index contributed by atoms with van der Waals surface area (Å²) in [4.78, 5) is 41.7. The lowest BCUT2D eigenvalue weighted by Crippen LogP contribution is -2.53. The molecule has 1 unspecified atom stereocenters. The van der Waals surface area contributed by atoms with E-state index in [1.165, 1.54) is 4.90 Å². The van der Waals surface area contributed by atoms with Crippen LogP contribution in [-0.4, -0.2) is 47.1 Å². The Labute approximate surface area is 230 Å². The summed E-state index contributed by atoms with van der Waals surface area (Å²) in [5.74, 6) is -1.46. The summed E-state index contributed by atoms with van der Waals surface area (Å²) in [6.07, 6.45) is 0.616. The van der Waals surface area contributed by atoms with Crippen LogP contribution in [0, 0.1) is 0 Å². The van der Waals surface area contributed by atoms with Crippen molar-refractivity contribution in [1.29, 1.82) is 0 Å². The van der Waals surface area contributed by atoms with Gasteiger partial charge in [-0.3, -0.25) is 9.69 Å². The maximum absolute atomic E-state index is 13.7. The highest BCUT2D eigenvalue weighted by Crippen LogP contribution is 2.30. The first kappa shape index (κ1) is 27.9. The molecule has 3 aromatic rings. The quantitative estimate of drug-likeness (QED) is 0.393. The topological polar surface area (TPSA) is 84.9 Å². The Kier molecular flexibility index (Phi) is 9.02. The number of hydrogen-bond acceptors (Lipinski definition) is 5. The first-order valence-electron chi connectivity index (χ1n) is 13.3. The Morgan fingerprint density at radius 1 is 0.872 bits per heavy atom. The molecule has 0 aliphatic carbocycles. The number of esters is 1. The first-order valence-corrected chi connectivity index (χ1v) is 13.3. The van der Waals surface area contributed by atoms with Crippen LogP contribution < -0.4 is 5.32 Å². The van der Waals surface area contributed by atoms with E-state index >= 15 is 0 Å². The smallest absolute Gasteiger partial charge is 0.410 e. The van der Waals surface area contributed by atoms with Gasteiger partial charge in [0.15, 0.2) is 0 Å². The molecule has 0 aromatic heterocycles. The minimum Gasteiger partial charge on any atom is -0.459 e. The third-order valence-electron chi connectivity index (χ3n) is 6.61. The zero-order chi connectivity index (χ0) is 27.8. The Morgan fingerprint density at radius 3 is 1.95 bits per heavy atom. The number of carbonyl (C=O) groups is 3. The molecule has 0 saturated carbocycles. The standard InChI is InChI=1S/C32H36N2O5/c1-32(2,3)39-31(37)34-21-13-20-26(34)29(35)33-28(30(36)38-22-23-14-7-4-8-15-23)27(24-16-9-5-10-17-24)25-18-11-6-12-19-25/h4-12,14-19,26-28H,13,20-22H2,1-3H3,(H,33,35)/t26?,28-/m0/s1. The van der Waals surface area contributed by atoms with Crippen molar-refractivity contribution in [2.24, 2.45) is 0 Å². The van der Waals surface area contributed by atoms with Crippen molar-refractivity contribution in [3.05, 3.63) is 108 Å². The minimum absolute atomic E-state index is 0.0792. The van der Waals surface area contributed by atoms with Gasteiger partial charge in [0, 0.05) is 12.5 Å². The second-order valence-corrected chi connectivity index (χ2v) is 10.7. The lowest BCUT2D eigenvalue weighted by molar-refractivity contribution is -0.150. The molecule has 1 N–H and O–H groups in total. The molecule has 2 atom stereocenters. The third kappa shape index (κ3) is 7.47. The highest BCUT2D eigenvalue weighted by Gasteiger charge is 2.40. The Balaban J connectivity index is 1.64. The molecule has 2 amide bonds. The maximum Gasteiger partial charge on any atom is 0.410 e. The molecule has 0 spiro atoms. The second kappa shape index (κ2) is 12.6. The van der Waals surface area contributed by atoms with E-state index in [1.807, 2.05) is 91.0 Å². The molecule has 1 aliphatic heterocycles. The molecule has 7 heteroatoms. The van der Waals surface area contributed by atoms with E-state index in [0.29, 0.717) is 19.4 Å². The number of carbonyl (C=O) groups excluding carboxylic acids is 3. The summed E-state index contributed by atoms with van der Waals surface area (Å²) in [7, 11) is 0. The summed E-state index contributed by atoms with van der Waals surface area (Å²) in [6.45, 7) is 5.87. The van der Waals surface area contributed by atoms with Gasteiger partial charge >= 0.3 is 12.1 Å². The SMILES string of the molecule is CC(C)(C)OC(=O)N1CCCC1C(=O)N[C@H](C(=O)OCc1ccccc1)C(c1ccccc1)c1ccccc1. The number of nitrogens with zero attached hydrogens (tertiary/aromatic N) is 1. The van der Waals surface area contributed by atoms with Gasteiger partial charge in [-0.15, -0.1) is 0 Å². The van der Waals surface area contributed by atoms with Crippen LogP contribution in [0.1, 0.15) is 56.2 Å². The highest BCUT2D eigenvalue weighted by atomic mass is 16.6. The largest absolute Gasteiger partial charge is 0.459 e. The van der Waals surface area contributed by atoms with Gasteiger partial charge < -0.3 is 14.8 Å². The second-order valence-electron chi connectivity index (χ2n) is 10.7. The lowest BCUT2D eigenvalue weighted by Gasteiger charge is -2.31. The summed E-state index contributed by atoms with van der Waals surface area (Å²) < 4.78 is 11.3. The van der Waals surface area contributed by atoms with Gasteiger partial charge in [0.25, 0.3) is 0 Å². The summed E-state index contributed by atoms with van der Waals surface area (Å²) in [5.41, 5.74) is 1.89. The normalized spacial score (nSPS) is 16.0. The van der Waals surface area contributed by atoms with Crippen molar-refractivity contribution in [3.8, 4) is 0 Å². The zero-order valence-corrected chi connectivity index (χ0v) is 22.7. The number of benzene rings is 3. The van der Waals surface area contributed by atoms with E-state index in [2.05, 4.69) is 5.32 Å². The van der Waals surface area contributed by atoms with Crippen LogP contribution in [0.3, 0.4) is 0 Å². The maximum atomic E-state index is 13.7. The van der Waals surface area contributed by atoms with E-state index in [4.69, 9.17) is 9.47 Å². The lowest BCUT2D eigenvalue weighted by atomic mass is 9.84. The van der Waals surface area contributed by atoms with Crippen molar-refractivity contribution >= 4 is 18.0 Å². The predicted molar refractivity (Wildman–Crippen MR) is 149 cm³/mol. The van der Waals surface area contributed by atoms with Crippen LogP contribution in [-0.2, 0) is 25.7 Å². The highest BCUT2D eigenvalue weighted by molar-refractivity contribution is 5.91. The molecule has 1 heterocycles. The molecule has 1 saturated heterocycles. The zero-order valence-electron chi connectivity index (χ0n) is 22.7. The van der Waals surface area contributed by atoms with E-state index < -0.39 is 41.6 Å². The van der Waals surface area contributed by atoms with Gasteiger partial charge in [-0.25, -0.2) is 9.59 Å². The van der Waals surface area contributed by atoms with Crippen LogP contribution in [0.4, 0.5) is 4.79 Å². The van der Waals surface area contributed by atoms with Crippen LogP contribution in [0.25, 0.3) is 0 Å². The monoisotopic (exact) mass is 528 g/mol. The summed E-state index contributed by atoms with van der Waals surface area (Å²) in [5, 5.41) is 2.98. The Bertz CT molecular complexity index is 1200. The number of nitrogens with one attached hydrogen (secondary N) is 1. The Morgan fingerprint density at radius 2 is 1.41 bits per heavy atom. The predicted octanol–water partition coefficient (Wildman–Crippen LogP) is 5.45. The molecule has 3 aromatic carbocycles. The van der Waals surface area contributed by atoms with Crippen molar-refractivity contribution < 1.29 is 23.9 Å². The average Bonchev–Trinajstić information content (AvgIpc) is 3.43. The van der Waals surface area contributed by atoms with Crippen molar-refractivity contribution in [2.75, 3.05) is 6.54 Å². The molecule has 1 aliphatic rings. The number of hydrogen-bond donors (Lipinski definition) is 1. The molecule has 7 nitrogen and oxygen atoms in total. The number of likely N-dealkylation sites (tertiary alicyclic amines) is 1. The number of ether oxygens (including phenoxy) is 2. The molecule has 39 heavy (non-hydrogen) atoms. The van der Waals surface area contributed by atoms with E-state index in [1.54, 1.807) is 20.8 Å².